The summed E-state index contributed by atoms with van der Waals surface area (Å²) in [6, 6.07) is 20.8. The highest BCUT2D eigenvalue weighted by atomic mass is 16.5. The lowest BCUT2D eigenvalue weighted by Gasteiger charge is -2.36. The molecule has 1 aliphatic rings. The van der Waals surface area contributed by atoms with Gasteiger partial charge in [-0.2, -0.15) is 0 Å². The van der Waals surface area contributed by atoms with Gasteiger partial charge in [0.25, 0.3) is 0 Å². The van der Waals surface area contributed by atoms with E-state index in [1.165, 1.54) is 4.90 Å². The van der Waals surface area contributed by atoms with Crippen molar-refractivity contribution in [3.05, 3.63) is 95.2 Å². The first-order valence-corrected chi connectivity index (χ1v) is 10.7. The summed E-state index contributed by atoms with van der Waals surface area (Å²) in [6.07, 6.45) is 0.339. The van der Waals surface area contributed by atoms with E-state index in [1.807, 2.05) is 42.5 Å². The lowest BCUT2D eigenvalue weighted by molar-refractivity contribution is -0.133. The third kappa shape index (κ3) is 4.57. The Morgan fingerprint density at radius 3 is 2.39 bits per heavy atom. The maximum absolute atomic E-state index is 13.0. The quantitative estimate of drug-likeness (QED) is 0.523. The lowest BCUT2D eigenvalue weighted by Crippen LogP contribution is -2.49. The number of carboxylic acids is 1. The van der Waals surface area contributed by atoms with Crippen LogP contribution in [0.1, 0.15) is 35.3 Å². The Bertz CT molecular complexity index is 1240. The van der Waals surface area contributed by atoms with Crippen LogP contribution in [0.5, 0.6) is 0 Å². The van der Waals surface area contributed by atoms with Gasteiger partial charge >= 0.3 is 18.0 Å². The smallest absolute Gasteiger partial charge is 0.338 e. The van der Waals surface area contributed by atoms with Crippen LogP contribution in [0.4, 0.5) is 4.79 Å². The molecule has 0 aliphatic carbocycles. The minimum absolute atomic E-state index is 0.0504. The van der Waals surface area contributed by atoms with E-state index in [1.54, 1.807) is 37.3 Å². The summed E-state index contributed by atoms with van der Waals surface area (Å²) >= 11 is 0. The standard InChI is InChI=1S/C26H24N2O5/c1-2-21-22(24(29)30)23(20-13-12-17-8-6-7-11-19(17)16-20)27-26(32)28(21)14-15-33-25(31)18-9-4-3-5-10-18/h3-13,16,23H,2,14-15H2,1H3,(H,27,32)(H,29,30). The van der Waals surface area contributed by atoms with Crippen LogP contribution in [0, 0.1) is 0 Å². The molecule has 0 saturated carbocycles. The summed E-state index contributed by atoms with van der Waals surface area (Å²) in [5.41, 5.74) is 1.62. The van der Waals surface area contributed by atoms with Crippen LogP contribution in [0.3, 0.4) is 0 Å². The van der Waals surface area contributed by atoms with Crippen molar-refractivity contribution in [2.75, 3.05) is 13.2 Å². The Hall–Kier alpha value is -4.13. The number of esters is 1. The molecule has 0 radical (unpaired) electrons. The van der Waals surface area contributed by atoms with Crippen molar-refractivity contribution in [3.63, 3.8) is 0 Å². The van der Waals surface area contributed by atoms with Crippen LogP contribution in [0.15, 0.2) is 84.1 Å². The molecule has 3 aromatic rings. The maximum Gasteiger partial charge on any atom is 0.338 e. The largest absolute Gasteiger partial charge is 0.478 e. The molecule has 0 bridgehead atoms. The molecule has 0 spiro atoms. The van der Waals surface area contributed by atoms with Crippen molar-refractivity contribution in [1.82, 2.24) is 10.2 Å². The van der Waals surface area contributed by atoms with Crippen LogP contribution in [0.2, 0.25) is 0 Å². The molecular formula is C26H24N2O5. The number of urea groups is 1. The summed E-state index contributed by atoms with van der Waals surface area (Å²) in [6.45, 7) is 1.80. The normalized spacial score (nSPS) is 16.0. The molecule has 4 rings (SSSR count). The predicted octanol–water partition coefficient (Wildman–Crippen LogP) is 4.51. The molecular weight excluding hydrogens is 420 g/mol. The number of carbonyl (C=O) groups is 3. The second-order valence-electron chi connectivity index (χ2n) is 7.66. The molecule has 168 valence electrons. The average Bonchev–Trinajstić information content (AvgIpc) is 2.84. The van der Waals surface area contributed by atoms with Gasteiger partial charge in [0.2, 0.25) is 0 Å². The summed E-state index contributed by atoms with van der Waals surface area (Å²) in [5.74, 6) is -1.60. The SMILES string of the molecule is CCC1=C(C(=O)O)C(c2ccc3ccccc3c2)NC(=O)N1CCOC(=O)c1ccccc1. The van der Waals surface area contributed by atoms with Gasteiger partial charge in [-0.1, -0.05) is 61.5 Å². The zero-order valence-electron chi connectivity index (χ0n) is 18.2. The molecule has 33 heavy (non-hydrogen) atoms. The topological polar surface area (TPSA) is 95.9 Å². The fraction of sp³-hybridized carbons (Fsp3) is 0.192. The molecule has 1 heterocycles. The van der Waals surface area contributed by atoms with Crippen LogP contribution in [-0.4, -0.2) is 41.1 Å². The molecule has 1 atom stereocenters. The number of amides is 2. The van der Waals surface area contributed by atoms with E-state index >= 15 is 0 Å². The number of ether oxygens (including phenoxy) is 1. The van der Waals surface area contributed by atoms with Crippen molar-refractivity contribution >= 4 is 28.7 Å². The maximum atomic E-state index is 13.0. The van der Waals surface area contributed by atoms with Crippen molar-refractivity contribution in [1.29, 1.82) is 0 Å². The first-order chi connectivity index (χ1) is 16.0. The second kappa shape index (κ2) is 9.56. The van der Waals surface area contributed by atoms with E-state index in [9.17, 15) is 19.5 Å². The third-order valence-corrected chi connectivity index (χ3v) is 5.67. The van der Waals surface area contributed by atoms with Gasteiger partial charge in [-0.25, -0.2) is 14.4 Å². The number of hydrogen-bond donors (Lipinski definition) is 2. The number of allylic oxidation sites excluding steroid dienone is 1. The van der Waals surface area contributed by atoms with Crippen LogP contribution >= 0.6 is 0 Å². The van der Waals surface area contributed by atoms with E-state index < -0.39 is 24.0 Å². The van der Waals surface area contributed by atoms with Crippen LogP contribution < -0.4 is 5.32 Å². The van der Waals surface area contributed by atoms with Gasteiger partial charge in [-0.3, -0.25) is 4.90 Å². The van der Waals surface area contributed by atoms with E-state index in [4.69, 9.17) is 4.74 Å². The molecule has 0 saturated heterocycles. The van der Waals surface area contributed by atoms with Crippen molar-refractivity contribution < 1.29 is 24.2 Å². The lowest BCUT2D eigenvalue weighted by atomic mass is 9.92. The second-order valence-corrected chi connectivity index (χ2v) is 7.66. The fourth-order valence-corrected chi connectivity index (χ4v) is 4.10. The Kier molecular flexibility index (Phi) is 6.40. The van der Waals surface area contributed by atoms with E-state index in [0.29, 0.717) is 23.2 Å². The van der Waals surface area contributed by atoms with Crippen molar-refractivity contribution in [2.45, 2.75) is 19.4 Å². The van der Waals surface area contributed by atoms with Crippen LogP contribution in [-0.2, 0) is 9.53 Å². The van der Waals surface area contributed by atoms with Gasteiger partial charge in [-0.15, -0.1) is 0 Å². The van der Waals surface area contributed by atoms with E-state index in [0.717, 1.165) is 10.8 Å². The van der Waals surface area contributed by atoms with Gasteiger partial charge in [0.15, 0.2) is 0 Å². The molecule has 7 heteroatoms. The zero-order chi connectivity index (χ0) is 23.4. The molecule has 1 unspecified atom stereocenters. The molecule has 2 N–H and O–H groups in total. The molecule has 0 aromatic heterocycles. The van der Waals surface area contributed by atoms with Crippen molar-refractivity contribution in [2.24, 2.45) is 0 Å². The zero-order valence-corrected chi connectivity index (χ0v) is 18.2. The van der Waals surface area contributed by atoms with Crippen molar-refractivity contribution in [3.8, 4) is 0 Å². The van der Waals surface area contributed by atoms with Crippen LogP contribution in [0.25, 0.3) is 10.8 Å². The Morgan fingerprint density at radius 1 is 1.00 bits per heavy atom. The molecule has 3 aromatic carbocycles. The van der Waals surface area contributed by atoms with E-state index in [-0.39, 0.29) is 18.7 Å². The van der Waals surface area contributed by atoms with Gasteiger partial charge in [0.1, 0.15) is 6.61 Å². The molecule has 1 aliphatic heterocycles. The van der Waals surface area contributed by atoms with Gasteiger partial charge in [-0.05, 0) is 41.0 Å². The minimum Gasteiger partial charge on any atom is -0.478 e. The highest BCUT2D eigenvalue weighted by molar-refractivity contribution is 5.94. The number of hydrogen-bond acceptors (Lipinski definition) is 4. The number of benzene rings is 3. The highest BCUT2D eigenvalue weighted by Crippen LogP contribution is 2.33. The first-order valence-electron chi connectivity index (χ1n) is 10.7. The summed E-state index contributed by atoms with van der Waals surface area (Å²) in [7, 11) is 0. The Morgan fingerprint density at radius 2 is 1.70 bits per heavy atom. The highest BCUT2D eigenvalue weighted by Gasteiger charge is 2.36. The number of fused-ring (bicyclic) bond motifs is 1. The van der Waals surface area contributed by atoms with Gasteiger partial charge < -0.3 is 15.2 Å². The van der Waals surface area contributed by atoms with Gasteiger partial charge in [0.05, 0.1) is 23.7 Å². The predicted molar refractivity (Wildman–Crippen MR) is 124 cm³/mol. The summed E-state index contributed by atoms with van der Waals surface area (Å²) < 4.78 is 5.30. The minimum atomic E-state index is -1.10. The van der Waals surface area contributed by atoms with Gasteiger partial charge in [0, 0.05) is 5.70 Å². The molecule has 7 nitrogen and oxygen atoms in total. The Balaban J connectivity index is 1.59. The molecule has 0 fully saturated rings. The molecule has 2 amide bonds. The number of rotatable bonds is 7. The Labute approximate surface area is 191 Å². The number of nitrogens with one attached hydrogen (secondary N) is 1. The average molecular weight is 444 g/mol. The summed E-state index contributed by atoms with van der Waals surface area (Å²) in [4.78, 5) is 38.8. The number of carbonyl (C=O) groups excluding carboxylic acids is 2. The van der Waals surface area contributed by atoms with E-state index in [2.05, 4.69) is 5.32 Å². The number of carboxylic acid groups (broad SMARTS) is 1. The fourth-order valence-electron chi connectivity index (χ4n) is 4.10. The monoisotopic (exact) mass is 444 g/mol. The first kappa shape index (κ1) is 22.1. The number of nitrogens with zero attached hydrogens (tertiary/aromatic N) is 1. The number of aliphatic carboxylic acids is 1. The third-order valence-electron chi connectivity index (χ3n) is 5.67. The summed E-state index contributed by atoms with van der Waals surface area (Å²) in [5, 5.41) is 14.8.